The zero-order valence-corrected chi connectivity index (χ0v) is 11.4. The minimum Gasteiger partial charge on any atom is -0.474 e. The van der Waals surface area contributed by atoms with Gasteiger partial charge in [-0.1, -0.05) is 12.1 Å². The van der Waals surface area contributed by atoms with Gasteiger partial charge in [0.25, 0.3) is 5.56 Å². The Labute approximate surface area is 117 Å². The summed E-state index contributed by atoms with van der Waals surface area (Å²) in [7, 11) is 1.36. The van der Waals surface area contributed by atoms with Crippen LogP contribution in [-0.2, 0) is 16.1 Å². The first-order chi connectivity index (χ1) is 9.65. The Balaban J connectivity index is 2.08. The van der Waals surface area contributed by atoms with E-state index in [1.54, 1.807) is 18.2 Å². The van der Waals surface area contributed by atoms with E-state index in [2.05, 4.69) is 16.6 Å². The molecule has 0 unspecified atom stereocenters. The van der Waals surface area contributed by atoms with Crippen molar-refractivity contribution in [1.82, 2.24) is 9.88 Å². The Morgan fingerprint density at radius 2 is 2.40 bits per heavy atom. The number of hydrogen-bond acceptors (Lipinski definition) is 5. The number of hydrogen-bond donors (Lipinski definition) is 1. The van der Waals surface area contributed by atoms with Crippen molar-refractivity contribution in [3.05, 3.63) is 41.2 Å². The SMILES string of the molecule is C=CCn1c(O[C@H]2CN[C@H](C(=O)OC)C2)cccc1=O. The smallest absolute Gasteiger partial charge is 0.323 e. The highest BCUT2D eigenvalue weighted by Crippen LogP contribution is 2.16. The van der Waals surface area contributed by atoms with Crippen molar-refractivity contribution in [2.45, 2.75) is 25.1 Å². The molecule has 0 saturated carbocycles. The fraction of sp³-hybridized carbons (Fsp3) is 0.429. The first kappa shape index (κ1) is 14.3. The van der Waals surface area contributed by atoms with Gasteiger partial charge in [-0.3, -0.25) is 14.2 Å². The monoisotopic (exact) mass is 278 g/mol. The van der Waals surface area contributed by atoms with Crippen molar-refractivity contribution in [3.8, 4) is 5.88 Å². The van der Waals surface area contributed by atoms with E-state index >= 15 is 0 Å². The van der Waals surface area contributed by atoms with E-state index in [0.717, 1.165) is 0 Å². The number of carbonyl (C=O) groups is 1. The van der Waals surface area contributed by atoms with Crippen molar-refractivity contribution < 1.29 is 14.3 Å². The average Bonchev–Trinajstić information content (AvgIpc) is 2.90. The topological polar surface area (TPSA) is 69.6 Å². The molecule has 1 saturated heterocycles. The van der Waals surface area contributed by atoms with Crippen LogP contribution in [0.3, 0.4) is 0 Å². The normalized spacial score (nSPS) is 21.4. The summed E-state index contributed by atoms with van der Waals surface area (Å²) in [6, 6.07) is 4.50. The van der Waals surface area contributed by atoms with Crippen molar-refractivity contribution in [2.24, 2.45) is 0 Å². The quantitative estimate of drug-likeness (QED) is 0.620. The highest BCUT2D eigenvalue weighted by atomic mass is 16.5. The molecular formula is C14H18N2O4. The van der Waals surface area contributed by atoms with Crippen LogP contribution in [0.15, 0.2) is 35.6 Å². The van der Waals surface area contributed by atoms with Crippen molar-refractivity contribution >= 4 is 5.97 Å². The number of carbonyl (C=O) groups excluding carboxylic acids is 1. The number of methoxy groups -OCH3 is 1. The van der Waals surface area contributed by atoms with Gasteiger partial charge >= 0.3 is 5.97 Å². The van der Waals surface area contributed by atoms with Crippen LogP contribution in [-0.4, -0.2) is 36.3 Å². The van der Waals surface area contributed by atoms with Gasteiger partial charge in [0.05, 0.1) is 7.11 Å². The summed E-state index contributed by atoms with van der Waals surface area (Å²) in [5.41, 5.74) is -0.141. The lowest BCUT2D eigenvalue weighted by atomic mass is 10.2. The van der Waals surface area contributed by atoms with Crippen molar-refractivity contribution in [1.29, 1.82) is 0 Å². The van der Waals surface area contributed by atoms with Gasteiger partial charge < -0.3 is 14.8 Å². The van der Waals surface area contributed by atoms with Crippen LogP contribution in [0, 0.1) is 0 Å². The van der Waals surface area contributed by atoms with Crippen molar-refractivity contribution in [3.63, 3.8) is 0 Å². The van der Waals surface area contributed by atoms with E-state index < -0.39 is 0 Å². The van der Waals surface area contributed by atoms with E-state index in [1.165, 1.54) is 17.7 Å². The Morgan fingerprint density at radius 1 is 1.60 bits per heavy atom. The summed E-state index contributed by atoms with van der Waals surface area (Å²) in [5, 5.41) is 3.04. The third-order valence-electron chi connectivity index (χ3n) is 3.18. The van der Waals surface area contributed by atoms with Gasteiger partial charge in [0.1, 0.15) is 12.1 Å². The summed E-state index contributed by atoms with van der Waals surface area (Å²) in [6.45, 7) is 4.55. The summed E-state index contributed by atoms with van der Waals surface area (Å²) in [4.78, 5) is 23.2. The molecule has 6 heteroatoms. The van der Waals surface area contributed by atoms with Gasteiger partial charge in [0, 0.05) is 25.6 Å². The van der Waals surface area contributed by atoms with Gasteiger partial charge in [0.15, 0.2) is 5.88 Å². The van der Waals surface area contributed by atoms with Crippen LogP contribution >= 0.6 is 0 Å². The maximum Gasteiger partial charge on any atom is 0.323 e. The number of rotatable bonds is 5. The van der Waals surface area contributed by atoms with Gasteiger partial charge in [-0.2, -0.15) is 0 Å². The number of esters is 1. The number of pyridine rings is 1. The Morgan fingerprint density at radius 3 is 3.10 bits per heavy atom. The predicted octanol–water partition coefficient (Wildman–Crippen LogP) is 0.317. The molecule has 1 aromatic heterocycles. The molecule has 1 aromatic rings. The lowest BCUT2D eigenvalue weighted by Crippen LogP contribution is -2.31. The fourth-order valence-corrected chi connectivity index (χ4v) is 2.20. The summed E-state index contributed by atoms with van der Waals surface area (Å²) in [6.07, 6.45) is 1.99. The average molecular weight is 278 g/mol. The highest BCUT2D eigenvalue weighted by Gasteiger charge is 2.31. The summed E-state index contributed by atoms with van der Waals surface area (Å²) < 4.78 is 12.0. The molecule has 2 rings (SSSR count). The molecule has 0 spiro atoms. The van der Waals surface area contributed by atoms with Crippen LogP contribution in [0.1, 0.15) is 6.42 Å². The molecule has 2 atom stereocenters. The third kappa shape index (κ3) is 3.08. The molecule has 0 radical (unpaired) electrons. The number of nitrogens with one attached hydrogen (secondary N) is 1. The molecule has 0 amide bonds. The molecule has 1 fully saturated rings. The van der Waals surface area contributed by atoms with E-state index in [-0.39, 0.29) is 23.7 Å². The van der Waals surface area contributed by atoms with Gasteiger partial charge in [-0.05, 0) is 6.07 Å². The lowest BCUT2D eigenvalue weighted by Gasteiger charge is -2.16. The molecule has 1 aliphatic heterocycles. The Bertz CT molecular complexity index is 552. The largest absolute Gasteiger partial charge is 0.474 e. The Hall–Kier alpha value is -2.08. The summed E-state index contributed by atoms with van der Waals surface area (Å²) in [5.74, 6) is 0.183. The second kappa shape index (κ2) is 6.38. The van der Waals surface area contributed by atoms with Gasteiger partial charge in [-0.15, -0.1) is 6.58 Å². The predicted molar refractivity (Wildman–Crippen MR) is 73.7 cm³/mol. The zero-order valence-electron chi connectivity index (χ0n) is 11.4. The van der Waals surface area contributed by atoms with Crippen molar-refractivity contribution in [2.75, 3.05) is 13.7 Å². The number of aromatic nitrogens is 1. The maximum absolute atomic E-state index is 11.8. The molecule has 1 N–H and O–H groups in total. The van der Waals surface area contributed by atoms with E-state index in [0.29, 0.717) is 25.4 Å². The summed E-state index contributed by atoms with van der Waals surface area (Å²) >= 11 is 0. The fourth-order valence-electron chi connectivity index (χ4n) is 2.20. The lowest BCUT2D eigenvalue weighted by molar-refractivity contribution is -0.142. The minimum absolute atomic E-state index is 0.141. The molecule has 20 heavy (non-hydrogen) atoms. The van der Waals surface area contributed by atoms with Gasteiger partial charge in [0.2, 0.25) is 0 Å². The van der Waals surface area contributed by atoms with Crippen LogP contribution in [0.4, 0.5) is 0 Å². The van der Waals surface area contributed by atoms with Gasteiger partial charge in [-0.25, -0.2) is 0 Å². The number of ether oxygens (including phenoxy) is 2. The zero-order chi connectivity index (χ0) is 14.5. The second-order valence-corrected chi connectivity index (χ2v) is 4.56. The Kier molecular flexibility index (Phi) is 4.57. The van der Waals surface area contributed by atoms with E-state index in [4.69, 9.17) is 4.74 Å². The maximum atomic E-state index is 11.8. The molecule has 108 valence electrons. The standard InChI is InChI=1S/C14H18N2O4/c1-3-7-16-12(17)5-4-6-13(16)20-10-8-11(15-9-10)14(18)19-2/h3-6,10-11,15H,1,7-9H2,2H3/t10-,11+/m1/s1. The van der Waals surface area contributed by atoms with E-state index in [9.17, 15) is 9.59 Å². The molecule has 0 bridgehead atoms. The molecule has 1 aliphatic rings. The highest BCUT2D eigenvalue weighted by molar-refractivity contribution is 5.76. The first-order valence-electron chi connectivity index (χ1n) is 6.44. The second-order valence-electron chi connectivity index (χ2n) is 4.56. The van der Waals surface area contributed by atoms with Crippen LogP contribution in [0.2, 0.25) is 0 Å². The molecule has 6 nitrogen and oxygen atoms in total. The van der Waals surface area contributed by atoms with Crippen LogP contribution in [0.5, 0.6) is 5.88 Å². The van der Waals surface area contributed by atoms with Crippen LogP contribution in [0.25, 0.3) is 0 Å². The van der Waals surface area contributed by atoms with E-state index in [1.807, 2.05) is 0 Å². The number of nitrogens with zero attached hydrogens (tertiary/aromatic N) is 1. The van der Waals surface area contributed by atoms with Crippen LogP contribution < -0.4 is 15.6 Å². The molecule has 2 heterocycles. The molecular weight excluding hydrogens is 260 g/mol. The minimum atomic E-state index is -0.353. The third-order valence-corrected chi connectivity index (χ3v) is 3.18. The molecule has 0 aromatic carbocycles. The first-order valence-corrected chi connectivity index (χ1v) is 6.44. The number of allylic oxidation sites excluding steroid dienone is 1. The molecule has 0 aliphatic carbocycles.